The lowest BCUT2D eigenvalue weighted by Crippen LogP contribution is -2.41. The van der Waals surface area contributed by atoms with Gasteiger partial charge in [-0.2, -0.15) is 0 Å². The maximum absolute atomic E-state index is 13.1. The van der Waals surface area contributed by atoms with E-state index in [0.717, 1.165) is 12.5 Å². The number of rotatable bonds is 5. The van der Waals surface area contributed by atoms with E-state index in [1.54, 1.807) is 0 Å². The first kappa shape index (κ1) is 28.8. The average Bonchev–Trinajstić information content (AvgIpc) is 2.93. The lowest BCUT2D eigenvalue weighted by molar-refractivity contribution is 0.00578. The summed E-state index contributed by atoms with van der Waals surface area (Å²) in [6.07, 6.45) is 4.69. The molecule has 0 saturated carbocycles. The van der Waals surface area contributed by atoms with Crippen LogP contribution < -0.4 is 5.46 Å². The summed E-state index contributed by atoms with van der Waals surface area (Å²) in [5.74, 6) is 0. The molecule has 0 unspecified atom stereocenters. The number of hydrogen-bond donors (Lipinski definition) is 0. The molecular weight excluding hydrogens is 557 g/mol. The molecule has 0 N–H and O–H groups in total. The number of sulfone groups is 2. The maximum Gasteiger partial charge on any atom is 0.496 e. The van der Waals surface area contributed by atoms with Crippen molar-refractivity contribution < 1.29 is 34.9 Å². The van der Waals surface area contributed by atoms with Gasteiger partial charge in [-0.1, -0.05) is 6.07 Å². The molecular formula is C20H26BBrF2N2O6S2. The van der Waals surface area contributed by atoms with E-state index in [4.69, 9.17) is 9.31 Å². The van der Waals surface area contributed by atoms with Crippen LogP contribution in [0.25, 0.3) is 0 Å². The van der Waals surface area contributed by atoms with Crippen molar-refractivity contribution in [3.63, 3.8) is 0 Å². The Labute approximate surface area is 207 Å². The third kappa shape index (κ3) is 6.59. The standard InChI is InChI=1S/C13H19BFNO4S.C7H7BrFNO2S/c1-12(2)13(3,4)20-14(19-12)10-6-9(7-15)11(16-8-10)21(5,17)18;1-13(11,12)7-5(3-9)2-6(8)4-10-7/h6,8H,7H2,1-5H3;2,4H,3H2,1H3. The summed E-state index contributed by atoms with van der Waals surface area (Å²) >= 11 is 3.08. The van der Waals surface area contributed by atoms with E-state index in [0.29, 0.717) is 9.94 Å². The highest BCUT2D eigenvalue weighted by Crippen LogP contribution is 2.36. The number of pyridine rings is 2. The van der Waals surface area contributed by atoms with Gasteiger partial charge in [-0.25, -0.2) is 35.6 Å². The normalized spacial score (nSPS) is 17.3. The quantitative estimate of drug-likeness (QED) is 0.495. The molecule has 0 spiro atoms. The number of hydrogen-bond acceptors (Lipinski definition) is 8. The van der Waals surface area contributed by atoms with Gasteiger partial charge in [0, 0.05) is 46.0 Å². The molecule has 3 heterocycles. The minimum atomic E-state index is -3.56. The van der Waals surface area contributed by atoms with Crippen LogP contribution >= 0.6 is 15.9 Å². The first-order valence-corrected chi connectivity index (χ1v) is 14.5. The highest BCUT2D eigenvalue weighted by atomic mass is 79.9. The lowest BCUT2D eigenvalue weighted by atomic mass is 9.80. The second-order valence-corrected chi connectivity index (χ2v) is 13.5. The van der Waals surface area contributed by atoms with E-state index in [1.807, 2.05) is 27.7 Å². The van der Waals surface area contributed by atoms with Gasteiger partial charge in [0.15, 0.2) is 29.7 Å². The van der Waals surface area contributed by atoms with Gasteiger partial charge < -0.3 is 9.31 Å². The molecule has 1 aliphatic rings. The van der Waals surface area contributed by atoms with Crippen LogP contribution in [0.2, 0.25) is 0 Å². The van der Waals surface area contributed by atoms with Crippen molar-refractivity contribution in [3.8, 4) is 0 Å². The highest BCUT2D eigenvalue weighted by Gasteiger charge is 2.52. The van der Waals surface area contributed by atoms with E-state index < -0.39 is 51.3 Å². The van der Waals surface area contributed by atoms with Crippen LogP contribution in [-0.4, -0.2) is 57.6 Å². The van der Waals surface area contributed by atoms with E-state index in [1.165, 1.54) is 24.5 Å². The summed E-state index contributed by atoms with van der Waals surface area (Å²) in [6, 6.07) is 2.84. The Hall–Kier alpha value is -1.48. The zero-order chi connectivity index (χ0) is 26.1. The van der Waals surface area contributed by atoms with Crippen LogP contribution in [0.4, 0.5) is 8.78 Å². The van der Waals surface area contributed by atoms with Crippen molar-refractivity contribution in [1.29, 1.82) is 0 Å². The van der Waals surface area contributed by atoms with Crippen LogP contribution in [0.1, 0.15) is 38.8 Å². The molecule has 188 valence electrons. The van der Waals surface area contributed by atoms with Crippen LogP contribution in [0.5, 0.6) is 0 Å². The van der Waals surface area contributed by atoms with Gasteiger partial charge in [0.05, 0.1) is 11.2 Å². The summed E-state index contributed by atoms with van der Waals surface area (Å²) in [5.41, 5.74) is -0.443. The molecule has 34 heavy (non-hydrogen) atoms. The van der Waals surface area contributed by atoms with E-state index >= 15 is 0 Å². The molecule has 8 nitrogen and oxygen atoms in total. The summed E-state index contributed by atoms with van der Waals surface area (Å²) in [6.45, 7) is 5.86. The Morgan fingerprint density at radius 2 is 1.26 bits per heavy atom. The Morgan fingerprint density at radius 3 is 1.68 bits per heavy atom. The molecule has 1 aliphatic heterocycles. The predicted octanol–water partition coefficient (Wildman–Crippen LogP) is 2.97. The third-order valence-electron chi connectivity index (χ3n) is 5.35. The van der Waals surface area contributed by atoms with Crippen molar-refractivity contribution in [2.45, 2.75) is 62.3 Å². The molecule has 1 fully saturated rings. The molecule has 2 aromatic rings. The van der Waals surface area contributed by atoms with E-state index in [2.05, 4.69) is 25.9 Å². The topological polar surface area (TPSA) is 113 Å². The van der Waals surface area contributed by atoms with Gasteiger partial charge in [-0.15, -0.1) is 0 Å². The molecule has 14 heteroatoms. The summed E-state index contributed by atoms with van der Waals surface area (Å²) in [5, 5.41) is -0.441. The highest BCUT2D eigenvalue weighted by molar-refractivity contribution is 9.10. The molecule has 0 aliphatic carbocycles. The van der Waals surface area contributed by atoms with Gasteiger partial charge in [0.25, 0.3) is 0 Å². The summed E-state index contributed by atoms with van der Waals surface area (Å²) < 4.78 is 83.0. The Kier molecular flexibility index (Phi) is 8.67. The Morgan fingerprint density at radius 1 is 0.853 bits per heavy atom. The lowest BCUT2D eigenvalue weighted by Gasteiger charge is -2.32. The molecule has 2 aromatic heterocycles. The summed E-state index contributed by atoms with van der Waals surface area (Å²) in [7, 11) is -7.69. The molecule has 0 atom stereocenters. The minimum Gasteiger partial charge on any atom is -0.399 e. The maximum atomic E-state index is 13.1. The molecule has 3 rings (SSSR count). The molecule has 1 saturated heterocycles. The fourth-order valence-corrected chi connectivity index (χ4v) is 5.00. The number of aromatic nitrogens is 2. The summed E-state index contributed by atoms with van der Waals surface area (Å²) in [4.78, 5) is 7.52. The van der Waals surface area contributed by atoms with Crippen LogP contribution in [0, 0.1) is 0 Å². The predicted molar refractivity (Wildman–Crippen MR) is 128 cm³/mol. The first-order valence-electron chi connectivity index (χ1n) is 9.94. The Bertz CT molecular complexity index is 1260. The molecule has 0 radical (unpaired) electrons. The fourth-order valence-electron chi connectivity index (χ4n) is 2.95. The van der Waals surface area contributed by atoms with Crippen molar-refractivity contribution >= 4 is 48.2 Å². The minimum absolute atomic E-state index is 0.0183. The van der Waals surface area contributed by atoms with Gasteiger partial charge in [-0.05, 0) is 49.7 Å². The zero-order valence-electron chi connectivity index (χ0n) is 19.6. The van der Waals surface area contributed by atoms with Gasteiger partial charge in [0.1, 0.15) is 13.3 Å². The zero-order valence-corrected chi connectivity index (χ0v) is 22.8. The van der Waals surface area contributed by atoms with Gasteiger partial charge in [0.2, 0.25) is 0 Å². The largest absolute Gasteiger partial charge is 0.496 e. The molecule has 0 amide bonds. The van der Waals surface area contributed by atoms with Crippen LogP contribution in [0.3, 0.4) is 0 Å². The third-order valence-corrected chi connectivity index (χ3v) is 7.93. The van der Waals surface area contributed by atoms with Crippen LogP contribution in [0.15, 0.2) is 39.1 Å². The number of halogens is 3. The van der Waals surface area contributed by atoms with Crippen molar-refractivity contribution in [2.24, 2.45) is 0 Å². The smallest absolute Gasteiger partial charge is 0.399 e. The van der Waals surface area contributed by atoms with Crippen LogP contribution in [-0.2, 0) is 42.3 Å². The fraction of sp³-hybridized carbons (Fsp3) is 0.500. The molecule has 0 aromatic carbocycles. The monoisotopic (exact) mass is 582 g/mol. The second kappa shape index (κ2) is 10.3. The SMILES string of the molecule is CC1(C)OB(c2cnc(S(C)(=O)=O)c(CF)c2)OC1(C)C.CS(=O)(=O)c1ncc(Br)cc1CF. The van der Waals surface area contributed by atoms with Crippen molar-refractivity contribution in [2.75, 3.05) is 12.5 Å². The first-order chi connectivity index (χ1) is 15.4. The van der Waals surface area contributed by atoms with Crippen molar-refractivity contribution in [1.82, 2.24) is 9.97 Å². The van der Waals surface area contributed by atoms with E-state index in [-0.39, 0.29) is 21.2 Å². The second-order valence-electron chi connectivity index (χ2n) is 8.75. The average molecular weight is 583 g/mol. The van der Waals surface area contributed by atoms with Gasteiger partial charge in [-0.3, -0.25) is 0 Å². The van der Waals surface area contributed by atoms with Gasteiger partial charge >= 0.3 is 7.12 Å². The number of nitrogens with zero attached hydrogens (tertiary/aromatic N) is 2. The number of alkyl halides is 2. The molecule has 0 bridgehead atoms. The van der Waals surface area contributed by atoms with Crippen molar-refractivity contribution in [3.05, 3.63) is 40.1 Å². The van der Waals surface area contributed by atoms with E-state index in [9.17, 15) is 25.6 Å². The Balaban J connectivity index is 0.000000270.